The number of para-hydroxylation sites is 3. The van der Waals surface area contributed by atoms with E-state index in [-0.39, 0.29) is 44.6 Å². The molecule has 90 heavy (non-hydrogen) atoms. The molecule has 0 aliphatic rings. The average molecular weight is 1220 g/mol. The molecule has 0 saturated carbocycles. The molecule has 0 bridgehead atoms. The first-order valence-electron chi connectivity index (χ1n) is 28.8. The Bertz CT molecular complexity index is 3880. The molecule has 0 atom stereocenters. The fraction of sp³-hybridized carbons (Fsp3) is 0.355. The molecule has 0 aliphatic heterocycles. The molecule has 14 heteroatoms. The highest BCUT2D eigenvalue weighted by Gasteiger charge is 2.12. The Morgan fingerprint density at radius 2 is 0.789 bits per heavy atom. The minimum atomic E-state index is 0. The molecule has 0 fully saturated rings. The van der Waals surface area contributed by atoms with Crippen LogP contribution in [-0.4, -0.2) is 35.8 Å². The summed E-state index contributed by atoms with van der Waals surface area (Å²) in [5, 5.41) is 24.5. The van der Waals surface area contributed by atoms with E-state index < -0.39 is 0 Å². The van der Waals surface area contributed by atoms with E-state index in [0.717, 1.165) is 82.7 Å². The van der Waals surface area contributed by atoms with Crippen molar-refractivity contribution in [3.8, 4) is 0 Å². The van der Waals surface area contributed by atoms with Gasteiger partial charge in [-0.05, 0) is 136 Å². The first kappa shape index (κ1) is 76.9. The largest absolute Gasteiger partial charge is 0.443 e. The van der Waals surface area contributed by atoms with Crippen LogP contribution in [0.1, 0.15) is 222 Å². The van der Waals surface area contributed by atoms with Crippen molar-refractivity contribution in [2.75, 3.05) is 0 Å². The number of nitrogens with zero attached hydrogens (tertiary/aromatic N) is 7. The third kappa shape index (κ3) is 19.7. The van der Waals surface area contributed by atoms with Gasteiger partial charge in [-0.15, -0.1) is 0 Å². The van der Waals surface area contributed by atoms with Gasteiger partial charge >= 0.3 is 0 Å². The van der Waals surface area contributed by atoms with Crippen molar-refractivity contribution in [2.45, 2.75) is 183 Å². The number of fused-ring (bicyclic) bond motifs is 7. The summed E-state index contributed by atoms with van der Waals surface area (Å²) >= 11 is 0. The number of hydrogen-bond acceptors (Lipinski definition) is 14. The predicted molar refractivity (Wildman–Crippen MR) is 377 cm³/mol. The highest BCUT2D eigenvalue weighted by molar-refractivity contribution is 5.82. The lowest BCUT2D eigenvalue weighted by Crippen LogP contribution is -1.86. The molecule has 0 unspecified atom stereocenters. The zero-order chi connectivity index (χ0) is 59.9. The van der Waals surface area contributed by atoms with Gasteiger partial charge in [-0.1, -0.05) is 234 Å². The third-order valence-electron chi connectivity index (χ3n) is 14.2. The molecule has 7 aromatic heterocycles. The number of aromatic nitrogens is 7. The van der Waals surface area contributed by atoms with Gasteiger partial charge in [0.15, 0.2) is 51.9 Å². The van der Waals surface area contributed by atoms with Crippen molar-refractivity contribution in [3.05, 3.63) is 210 Å². The molecular formula is C76H101N7O7. The molecule has 7 aromatic carbocycles. The molecule has 482 valence electrons. The number of benzene rings is 7. The van der Waals surface area contributed by atoms with E-state index >= 15 is 0 Å². The molecule has 14 rings (SSSR count). The van der Waals surface area contributed by atoms with E-state index in [1.54, 1.807) is 24.8 Å². The second kappa shape index (κ2) is 36.3. The zero-order valence-corrected chi connectivity index (χ0v) is 50.7. The Labute approximate surface area is 534 Å². The van der Waals surface area contributed by atoms with Crippen LogP contribution in [0.2, 0.25) is 0 Å². The number of rotatable bonds is 7. The molecule has 14 nitrogen and oxygen atoms in total. The smallest absolute Gasteiger partial charge is 0.181 e. The molecule has 0 radical (unpaired) electrons. The van der Waals surface area contributed by atoms with Crippen molar-refractivity contribution in [2.24, 2.45) is 0 Å². The second-order valence-electron chi connectivity index (χ2n) is 22.7. The van der Waals surface area contributed by atoms with Crippen molar-refractivity contribution in [1.82, 2.24) is 35.8 Å². The lowest BCUT2D eigenvalue weighted by molar-refractivity contribution is 0.441. The number of hydrogen-bond donors (Lipinski definition) is 0. The first-order valence-corrected chi connectivity index (χ1v) is 28.8. The van der Waals surface area contributed by atoms with E-state index in [2.05, 4.69) is 175 Å². The van der Waals surface area contributed by atoms with Crippen molar-refractivity contribution < 1.29 is 31.4 Å². The lowest BCUT2D eigenvalue weighted by Gasteiger charge is -2.04. The molecular weight excluding hydrogens is 1120 g/mol. The maximum absolute atomic E-state index is 5.30. The molecule has 14 aromatic rings. The Balaban J connectivity index is 0.000000354. The van der Waals surface area contributed by atoms with Crippen molar-refractivity contribution in [1.29, 1.82) is 0 Å². The normalized spacial score (nSPS) is 10.5. The summed E-state index contributed by atoms with van der Waals surface area (Å²) in [6.07, 6.45) is 10.00. The standard InChI is InChI=1S/7C10H11NO.6CH4/c1-7(2)8-3-4-10-9(5-8)6-11-12-10;1-7(2)8-3-4-9-10(5-8)12-6-11-9;1-7(2)8-3-4-9-6-11-12-10(9)5-8;1-7(2)8-4-3-5-10-9(8)6-11-12-10;1-7(2)8-4-3-5-9-10(8)12-6-11-9;1-7(2)9-5-3-4-8-6-11-12-10(8)9;1-7(2)10-8-5-3-4-6-9(8)12-11-10;;;;;;/h7*3-7H,1-2H3;6*1H4. The topological polar surface area (TPSA) is 182 Å². The van der Waals surface area contributed by atoms with Crippen LogP contribution >= 0.6 is 0 Å². The van der Waals surface area contributed by atoms with Gasteiger partial charge in [0.1, 0.15) is 11.0 Å². The fourth-order valence-electron chi connectivity index (χ4n) is 9.19. The summed E-state index contributed by atoms with van der Waals surface area (Å²) in [5.41, 5.74) is 16.8. The molecule has 0 amide bonds. The van der Waals surface area contributed by atoms with Crippen LogP contribution in [0.15, 0.2) is 202 Å². The second-order valence-corrected chi connectivity index (χ2v) is 22.7. The maximum Gasteiger partial charge on any atom is 0.181 e. The molecule has 0 N–H and O–H groups in total. The number of oxazole rings is 2. The van der Waals surface area contributed by atoms with Crippen molar-refractivity contribution in [3.63, 3.8) is 0 Å². The van der Waals surface area contributed by atoms with Crippen LogP contribution < -0.4 is 0 Å². The van der Waals surface area contributed by atoms with E-state index in [4.69, 9.17) is 31.4 Å². The van der Waals surface area contributed by atoms with Gasteiger partial charge in [0.2, 0.25) is 0 Å². The summed E-state index contributed by atoms with van der Waals surface area (Å²) in [6.45, 7) is 30.2. The summed E-state index contributed by atoms with van der Waals surface area (Å²) in [6, 6.07) is 44.7. The Hall–Kier alpha value is -9.17. The molecule has 0 spiro atoms. The van der Waals surface area contributed by atoms with Crippen LogP contribution in [0.3, 0.4) is 0 Å². The van der Waals surface area contributed by atoms with Crippen LogP contribution in [0.4, 0.5) is 0 Å². The van der Waals surface area contributed by atoms with E-state index in [1.165, 1.54) is 46.2 Å². The molecule has 0 aliphatic carbocycles. The van der Waals surface area contributed by atoms with Gasteiger partial charge in [0.25, 0.3) is 0 Å². The van der Waals surface area contributed by atoms with Gasteiger partial charge in [-0.3, -0.25) is 0 Å². The minimum Gasteiger partial charge on any atom is -0.443 e. The van der Waals surface area contributed by atoms with Crippen LogP contribution in [0.5, 0.6) is 0 Å². The Morgan fingerprint density at radius 3 is 1.46 bits per heavy atom. The van der Waals surface area contributed by atoms with Crippen molar-refractivity contribution >= 4 is 77.0 Å². The van der Waals surface area contributed by atoms with Crippen LogP contribution in [0.25, 0.3) is 77.0 Å². The summed E-state index contributed by atoms with van der Waals surface area (Å²) < 4.78 is 35.9. The van der Waals surface area contributed by atoms with Gasteiger partial charge < -0.3 is 31.4 Å². The van der Waals surface area contributed by atoms with Crippen LogP contribution in [0, 0.1) is 0 Å². The quantitative estimate of drug-likeness (QED) is 0.147. The monoisotopic (exact) mass is 1220 g/mol. The summed E-state index contributed by atoms with van der Waals surface area (Å²) in [4.78, 5) is 8.15. The predicted octanol–water partition coefficient (Wildman–Crippen LogP) is 24.5. The first-order chi connectivity index (χ1) is 40.5. The van der Waals surface area contributed by atoms with Crippen LogP contribution in [-0.2, 0) is 0 Å². The Kier molecular flexibility index (Phi) is 31.1. The molecule has 0 saturated heterocycles. The highest BCUT2D eigenvalue weighted by atomic mass is 16.5. The van der Waals surface area contributed by atoms with Gasteiger partial charge in [0.05, 0.1) is 30.5 Å². The van der Waals surface area contributed by atoms with Gasteiger partial charge in [-0.25, -0.2) is 9.97 Å². The summed E-state index contributed by atoms with van der Waals surface area (Å²) in [5.74, 6) is 3.56. The van der Waals surface area contributed by atoms with E-state index in [9.17, 15) is 0 Å². The van der Waals surface area contributed by atoms with Gasteiger partial charge in [-0.2, -0.15) is 0 Å². The SMILES string of the molecule is C.C.C.C.C.C.CC(C)c1ccc2cnoc2c1.CC(C)c1ccc2ncoc2c1.CC(C)c1ccc2oncc2c1.CC(C)c1cccc2cnoc12.CC(C)c1cccc2ncoc12.CC(C)c1cccc2oncc12.CC(C)c1noc2ccccc12. The van der Waals surface area contributed by atoms with E-state index in [1.807, 2.05) is 91.0 Å². The zero-order valence-electron chi connectivity index (χ0n) is 50.7. The Morgan fingerprint density at radius 1 is 0.300 bits per heavy atom. The van der Waals surface area contributed by atoms with Gasteiger partial charge in [0, 0.05) is 32.5 Å². The van der Waals surface area contributed by atoms with E-state index in [0.29, 0.717) is 41.4 Å². The maximum atomic E-state index is 5.30. The lowest BCUT2D eigenvalue weighted by atomic mass is 10.0. The molecule has 7 heterocycles. The minimum absolute atomic E-state index is 0. The highest BCUT2D eigenvalue weighted by Crippen LogP contribution is 2.29. The summed E-state index contributed by atoms with van der Waals surface area (Å²) in [7, 11) is 0. The third-order valence-corrected chi connectivity index (χ3v) is 14.2. The average Bonchev–Trinajstić information content (AvgIpc) is 2.60. The fourth-order valence-corrected chi connectivity index (χ4v) is 9.19.